The minimum absolute atomic E-state index is 0.0457. The number of likely N-dealkylation sites (N-methyl/N-ethyl adjacent to an activating group) is 1. The number of sulfonamides is 1. The minimum Gasteiger partial charge on any atom is -0.508 e. The Balaban J connectivity index is 1.93. The van der Waals surface area contributed by atoms with Crippen LogP contribution in [0.15, 0.2) is 29.0 Å². The van der Waals surface area contributed by atoms with Crippen LogP contribution in [0.2, 0.25) is 0 Å². The number of aromatic hydroxyl groups is 1. The highest BCUT2D eigenvalue weighted by molar-refractivity contribution is 7.92. The van der Waals surface area contributed by atoms with Crippen LogP contribution in [0, 0.1) is 11.8 Å². The standard InChI is InChI=1S/C22H25N3O9S/c1-25(2)16-11-6-9-4-8-5-10(24-35(3,33)34)7-12(26)13(8)17(27)14(9)19(29)22(11,32)20(30)15(18(16)28)21(23)31/h5,7,9,11,16,24,26-27,30,32H,4,6H2,1-3H3,(H2,23,31)/t9-,11-,16-,22-/m0/s1. The van der Waals surface area contributed by atoms with E-state index in [1.165, 1.54) is 25.1 Å². The topological polar surface area (TPSA) is 208 Å². The molecule has 0 saturated heterocycles. The van der Waals surface area contributed by atoms with Crippen molar-refractivity contribution in [1.29, 1.82) is 0 Å². The molecule has 0 heterocycles. The van der Waals surface area contributed by atoms with Gasteiger partial charge in [-0.1, -0.05) is 0 Å². The molecule has 1 fully saturated rings. The Morgan fingerprint density at radius 2 is 1.83 bits per heavy atom. The predicted molar refractivity (Wildman–Crippen MR) is 123 cm³/mol. The number of primary amides is 1. The monoisotopic (exact) mass is 507 g/mol. The Labute approximate surface area is 200 Å². The zero-order chi connectivity index (χ0) is 26.2. The summed E-state index contributed by atoms with van der Waals surface area (Å²) in [6.45, 7) is 0. The molecule has 12 nitrogen and oxygen atoms in total. The lowest BCUT2D eigenvalue weighted by Crippen LogP contribution is -2.65. The fraction of sp³-hybridized carbons (Fsp3) is 0.409. The van der Waals surface area contributed by atoms with E-state index in [4.69, 9.17) is 5.73 Å². The quantitative estimate of drug-likeness (QED) is 0.283. The molecule has 0 aromatic heterocycles. The zero-order valence-electron chi connectivity index (χ0n) is 19.1. The number of benzene rings is 1. The van der Waals surface area contributed by atoms with Gasteiger partial charge < -0.3 is 26.2 Å². The second-order valence-electron chi connectivity index (χ2n) is 9.37. The van der Waals surface area contributed by atoms with Gasteiger partial charge >= 0.3 is 0 Å². The summed E-state index contributed by atoms with van der Waals surface area (Å²) in [5.74, 6) is -7.52. The number of aliphatic hydroxyl groups is 3. The molecular formula is C22H25N3O9S. The van der Waals surface area contributed by atoms with Crippen molar-refractivity contribution in [1.82, 2.24) is 4.90 Å². The maximum absolute atomic E-state index is 13.6. The lowest BCUT2D eigenvalue weighted by Gasteiger charge is -2.50. The van der Waals surface area contributed by atoms with Crippen LogP contribution in [0.3, 0.4) is 0 Å². The number of nitrogens with one attached hydrogen (secondary N) is 1. The van der Waals surface area contributed by atoms with Gasteiger partial charge in [-0.25, -0.2) is 8.42 Å². The first-order valence-electron chi connectivity index (χ1n) is 10.6. The van der Waals surface area contributed by atoms with E-state index >= 15 is 0 Å². The molecule has 7 N–H and O–H groups in total. The highest BCUT2D eigenvalue weighted by Crippen LogP contribution is 2.52. The minimum atomic E-state index is -3.67. The number of rotatable bonds is 4. The summed E-state index contributed by atoms with van der Waals surface area (Å²) >= 11 is 0. The van der Waals surface area contributed by atoms with E-state index in [1.807, 2.05) is 0 Å². The second kappa shape index (κ2) is 7.80. The van der Waals surface area contributed by atoms with Gasteiger partial charge in [0.05, 0.1) is 23.5 Å². The molecule has 13 heteroatoms. The molecule has 0 bridgehead atoms. The van der Waals surface area contributed by atoms with Crippen molar-refractivity contribution in [2.24, 2.45) is 17.6 Å². The van der Waals surface area contributed by atoms with Gasteiger partial charge in [-0.15, -0.1) is 0 Å². The number of anilines is 1. The lowest BCUT2D eigenvalue weighted by molar-refractivity contribution is -0.153. The SMILES string of the molecule is CN(C)[C@@H]1C(=O)C(C(N)=O)=C(O)[C@@]2(O)C(=O)C3=C(O)c4c(O)cc(NS(C)(=O)=O)cc4C[C@H]3C[C@@H]12. The molecule has 3 aliphatic carbocycles. The van der Waals surface area contributed by atoms with E-state index in [-0.39, 0.29) is 29.7 Å². The smallest absolute Gasteiger partial charge is 0.255 e. The van der Waals surface area contributed by atoms with Crippen molar-refractivity contribution in [2.45, 2.75) is 24.5 Å². The van der Waals surface area contributed by atoms with Crippen molar-refractivity contribution in [3.63, 3.8) is 0 Å². The first-order chi connectivity index (χ1) is 16.1. The first-order valence-corrected chi connectivity index (χ1v) is 12.5. The molecular weight excluding hydrogens is 482 g/mol. The summed E-state index contributed by atoms with van der Waals surface area (Å²) < 4.78 is 25.5. The predicted octanol–water partition coefficient (Wildman–Crippen LogP) is -0.664. The fourth-order valence-corrected chi connectivity index (χ4v) is 6.09. The highest BCUT2D eigenvalue weighted by atomic mass is 32.2. The van der Waals surface area contributed by atoms with Gasteiger partial charge in [-0.05, 0) is 44.5 Å². The molecule has 35 heavy (non-hydrogen) atoms. The van der Waals surface area contributed by atoms with Crippen molar-refractivity contribution < 1.29 is 43.2 Å². The molecule has 4 atom stereocenters. The van der Waals surface area contributed by atoms with E-state index < -0.39 is 73.8 Å². The van der Waals surface area contributed by atoms with E-state index in [2.05, 4.69) is 4.72 Å². The Morgan fingerprint density at radius 3 is 2.37 bits per heavy atom. The third kappa shape index (κ3) is 3.58. The van der Waals surface area contributed by atoms with Crippen LogP contribution in [-0.2, 0) is 30.8 Å². The van der Waals surface area contributed by atoms with Crippen LogP contribution in [0.25, 0.3) is 5.76 Å². The van der Waals surface area contributed by atoms with Gasteiger partial charge in [0.2, 0.25) is 15.8 Å². The highest BCUT2D eigenvalue weighted by Gasteiger charge is 2.64. The van der Waals surface area contributed by atoms with Gasteiger partial charge in [0.25, 0.3) is 5.91 Å². The van der Waals surface area contributed by atoms with Crippen molar-refractivity contribution in [2.75, 3.05) is 25.1 Å². The van der Waals surface area contributed by atoms with Crippen molar-refractivity contribution in [3.8, 4) is 5.75 Å². The maximum atomic E-state index is 13.6. The summed E-state index contributed by atoms with van der Waals surface area (Å²) in [6.07, 6.45) is 0.930. The number of phenolic OH excluding ortho intramolecular Hbond substituents is 1. The van der Waals surface area contributed by atoms with Gasteiger partial charge in [0.1, 0.15) is 22.8 Å². The average molecular weight is 508 g/mol. The molecule has 0 radical (unpaired) electrons. The molecule has 188 valence electrons. The summed E-state index contributed by atoms with van der Waals surface area (Å²) in [5, 5.41) is 43.8. The lowest BCUT2D eigenvalue weighted by atomic mass is 9.57. The fourth-order valence-electron chi connectivity index (χ4n) is 5.54. The van der Waals surface area contributed by atoms with Crippen LogP contribution in [0.5, 0.6) is 5.75 Å². The number of hydrogen-bond acceptors (Lipinski definition) is 10. The van der Waals surface area contributed by atoms with Gasteiger partial charge in [0.15, 0.2) is 11.4 Å². The van der Waals surface area contributed by atoms with E-state index in [0.29, 0.717) is 5.56 Å². The number of ketones is 2. The van der Waals surface area contributed by atoms with Gasteiger partial charge in [-0.2, -0.15) is 0 Å². The van der Waals surface area contributed by atoms with Crippen LogP contribution < -0.4 is 10.5 Å². The van der Waals surface area contributed by atoms with E-state index in [9.17, 15) is 43.2 Å². The Bertz CT molecular complexity index is 1360. The van der Waals surface area contributed by atoms with Crippen LogP contribution >= 0.6 is 0 Å². The van der Waals surface area contributed by atoms with Crippen molar-refractivity contribution in [3.05, 3.63) is 40.2 Å². The van der Waals surface area contributed by atoms with Gasteiger partial charge in [0, 0.05) is 17.6 Å². The largest absolute Gasteiger partial charge is 0.508 e. The van der Waals surface area contributed by atoms with Crippen molar-refractivity contribution >= 4 is 38.9 Å². The summed E-state index contributed by atoms with van der Waals surface area (Å²) in [7, 11) is -0.651. The maximum Gasteiger partial charge on any atom is 0.255 e. The number of phenols is 1. The summed E-state index contributed by atoms with van der Waals surface area (Å²) in [6, 6.07) is 1.29. The number of fused-ring (bicyclic) bond motifs is 3. The Hall–Kier alpha value is -3.42. The van der Waals surface area contributed by atoms with Crippen LogP contribution in [0.1, 0.15) is 17.5 Å². The Morgan fingerprint density at radius 1 is 1.20 bits per heavy atom. The van der Waals surface area contributed by atoms with E-state index in [0.717, 1.165) is 12.3 Å². The van der Waals surface area contributed by atoms with E-state index in [1.54, 1.807) is 0 Å². The Kier molecular flexibility index (Phi) is 5.50. The molecule has 1 aromatic rings. The molecule has 1 saturated carbocycles. The second-order valence-corrected chi connectivity index (χ2v) is 11.1. The first kappa shape index (κ1) is 24.7. The molecule has 0 spiro atoms. The normalized spacial score (nSPS) is 28.5. The molecule has 3 aliphatic rings. The molecule has 0 unspecified atom stereocenters. The van der Waals surface area contributed by atoms with Crippen LogP contribution in [0.4, 0.5) is 5.69 Å². The zero-order valence-corrected chi connectivity index (χ0v) is 19.9. The molecule has 1 amide bonds. The van der Waals surface area contributed by atoms with Crippen LogP contribution in [-0.4, -0.2) is 83.2 Å². The number of amides is 1. The molecule has 0 aliphatic heterocycles. The number of nitrogens with zero attached hydrogens (tertiary/aromatic N) is 1. The molecule has 1 aromatic carbocycles. The number of aliphatic hydroxyl groups excluding tert-OH is 2. The number of hydrogen-bond donors (Lipinski definition) is 6. The average Bonchev–Trinajstić information content (AvgIpc) is 2.68. The number of nitrogens with two attached hydrogens (primary N) is 1. The number of Topliss-reactive ketones (excluding diaryl/α,β-unsaturated/α-hetero) is 2. The number of carbonyl (C=O) groups is 3. The summed E-state index contributed by atoms with van der Waals surface area (Å²) in [5.41, 5.74) is 1.66. The third-order valence-electron chi connectivity index (χ3n) is 6.83. The third-order valence-corrected chi connectivity index (χ3v) is 7.44. The van der Waals surface area contributed by atoms with Gasteiger partial charge in [-0.3, -0.25) is 24.0 Å². The molecule has 4 rings (SSSR count). The number of carbonyl (C=O) groups excluding carboxylic acids is 3. The summed E-state index contributed by atoms with van der Waals surface area (Å²) in [4.78, 5) is 40.0.